The van der Waals surface area contributed by atoms with Crippen molar-refractivity contribution in [3.63, 3.8) is 0 Å². The highest BCUT2D eigenvalue weighted by atomic mass is 32.1. The lowest BCUT2D eigenvalue weighted by molar-refractivity contribution is -0.122. The second kappa shape index (κ2) is 9.06. The number of hydrogen-bond donors (Lipinski definition) is 1. The number of rotatable bonds is 6. The van der Waals surface area contributed by atoms with Crippen LogP contribution in [0.25, 0.3) is 21.8 Å². The Hall–Kier alpha value is -3.58. The van der Waals surface area contributed by atoms with Crippen molar-refractivity contribution in [3.05, 3.63) is 89.8 Å². The summed E-state index contributed by atoms with van der Waals surface area (Å²) in [6.45, 7) is 1.59. The minimum Gasteiger partial charge on any atom is -0.481 e. The number of benzene rings is 3. The molecular formula is C24H18F2N2O2S. The summed E-state index contributed by atoms with van der Waals surface area (Å²) in [7, 11) is 0. The summed E-state index contributed by atoms with van der Waals surface area (Å²) in [5, 5.41) is 5.21. The van der Waals surface area contributed by atoms with E-state index in [2.05, 4.69) is 10.3 Å². The van der Waals surface area contributed by atoms with Crippen molar-refractivity contribution in [1.82, 2.24) is 4.98 Å². The van der Waals surface area contributed by atoms with Crippen molar-refractivity contribution in [3.8, 4) is 27.6 Å². The molecule has 0 spiro atoms. The Morgan fingerprint density at radius 3 is 2.52 bits per heavy atom. The van der Waals surface area contributed by atoms with Gasteiger partial charge in [-0.05, 0) is 37.3 Å². The molecule has 31 heavy (non-hydrogen) atoms. The van der Waals surface area contributed by atoms with E-state index < -0.39 is 11.9 Å². The fourth-order valence-electron chi connectivity index (χ4n) is 3.00. The van der Waals surface area contributed by atoms with Gasteiger partial charge in [-0.25, -0.2) is 13.8 Å². The molecule has 0 aliphatic heterocycles. The topological polar surface area (TPSA) is 51.2 Å². The van der Waals surface area contributed by atoms with E-state index in [0.29, 0.717) is 27.5 Å². The number of amides is 1. The van der Waals surface area contributed by atoms with Gasteiger partial charge in [-0.15, -0.1) is 11.3 Å². The van der Waals surface area contributed by atoms with Crippen LogP contribution < -0.4 is 10.1 Å². The molecule has 0 aliphatic carbocycles. The monoisotopic (exact) mass is 436 g/mol. The maximum Gasteiger partial charge on any atom is 0.265 e. The maximum atomic E-state index is 14.1. The molecule has 1 unspecified atom stereocenters. The van der Waals surface area contributed by atoms with Gasteiger partial charge in [-0.1, -0.05) is 36.4 Å². The zero-order chi connectivity index (χ0) is 21.8. The SMILES string of the molecule is CC(Oc1cccc(F)c1)C(=O)Nc1ccccc1-c1csc(-c2ccccc2F)n1. The molecule has 1 atom stereocenters. The molecule has 1 amide bonds. The Bertz CT molecular complexity index is 1230. The molecule has 0 saturated carbocycles. The van der Waals surface area contributed by atoms with Crippen molar-refractivity contribution in [1.29, 1.82) is 0 Å². The molecule has 0 bridgehead atoms. The summed E-state index contributed by atoms with van der Waals surface area (Å²) in [6, 6.07) is 19.3. The number of para-hydroxylation sites is 1. The van der Waals surface area contributed by atoms with Gasteiger partial charge in [0, 0.05) is 22.6 Å². The van der Waals surface area contributed by atoms with Crippen molar-refractivity contribution in [2.75, 3.05) is 5.32 Å². The highest BCUT2D eigenvalue weighted by Crippen LogP contribution is 2.33. The number of thiazole rings is 1. The highest BCUT2D eigenvalue weighted by Gasteiger charge is 2.18. The number of anilines is 1. The van der Waals surface area contributed by atoms with Gasteiger partial charge in [0.1, 0.15) is 22.4 Å². The third-order valence-corrected chi connectivity index (χ3v) is 5.42. The first kappa shape index (κ1) is 20.7. The maximum absolute atomic E-state index is 14.1. The lowest BCUT2D eigenvalue weighted by atomic mass is 10.1. The third kappa shape index (κ3) is 4.78. The Morgan fingerprint density at radius 1 is 1.00 bits per heavy atom. The summed E-state index contributed by atoms with van der Waals surface area (Å²) in [4.78, 5) is 17.2. The van der Waals surface area contributed by atoms with E-state index in [9.17, 15) is 13.6 Å². The molecule has 0 aliphatic rings. The summed E-state index contributed by atoms with van der Waals surface area (Å²) in [6.07, 6.45) is -0.848. The minimum atomic E-state index is -0.848. The van der Waals surface area contributed by atoms with Crippen molar-refractivity contribution >= 4 is 22.9 Å². The van der Waals surface area contributed by atoms with Crippen LogP contribution in [0.5, 0.6) is 5.75 Å². The molecule has 156 valence electrons. The number of ether oxygens (including phenoxy) is 1. The molecule has 0 radical (unpaired) electrons. The predicted molar refractivity (Wildman–Crippen MR) is 118 cm³/mol. The highest BCUT2D eigenvalue weighted by molar-refractivity contribution is 7.13. The van der Waals surface area contributed by atoms with Gasteiger partial charge in [0.2, 0.25) is 0 Å². The second-order valence-corrected chi connectivity index (χ2v) is 7.63. The molecule has 4 nitrogen and oxygen atoms in total. The first-order valence-corrected chi connectivity index (χ1v) is 10.4. The van der Waals surface area contributed by atoms with Crippen LogP contribution in [0.2, 0.25) is 0 Å². The molecule has 4 rings (SSSR count). The first-order chi connectivity index (χ1) is 15.0. The van der Waals surface area contributed by atoms with Gasteiger partial charge in [-0.2, -0.15) is 0 Å². The number of carbonyl (C=O) groups excluding carboxylic acids is 1. The summed E-state index contributed by atoms with van der Waals surface area (Å²) >= 11 is 1.32. The van der Waals surface area contributed by atoms with Crippen LogP contribution in [0.1, 0.15) is 6.92 Å². The van der Waals surface area contributed by atoms with Crippen LogP contribution in [0, 0.1) is 11.6 Å². The summed E-state index contributed by atoms with van der Waals surface area (Å²) < 4.78 is 33.0. The largest absolute Gasteiger partial charge is 0.481 e. The van der Waals surface area contributed by atoms with Gasteiger partial charge < -0.3 is 10.1 Å². The van der Waals surface area contributed by atoms with Gasteiger partial charge >= 0.3 is 0 Å². The van der Waals surface area contributed by atoms with Crippen molar-refractivity contribution < 1.29 is 18.3 Å². The fraction of sp³-hybridized carbons (Fsp3) is 0.0833. The number of hydrogen-bond acceptors (Lipinski definition) is 4. The third-order valence-electron chi connectivity index (χ3n) is 4.55. The molecule has 1 aromatic heterocycles. The second-order valence-electron chi connectivity index (χ2n) is 6.77. The Labute approximate surface area is 182 Å². The Kier molecular flexibility index (Phi) is 6.04. The van der Waals surface area contributed by atoms with E-state index in [1.165, 1.54) is 35.6 Å². The van der Waals surface area contributed by atoms with E-state index in [1.54, 1.807) is 43.3 Å². The van der Waals surface area contributed by atoms with Gasteiger partial charge in [0.15, 0.2) is 6.10 Å². The van der Waals surface area contributed by atoms with Crippen LogP contribution in [-0.4, -0.2) is 17.0 Å². The first-order valence-electron chi connectivity index (χ1n) is 9.54. The molecule has 3 aromatic carbocycles. The zero-order valence-electron chi connectivity index (χ0n) is 16.5. The van der Waals surface area contributed by atoms with E-state index in [-0.39, 0.29) is 17.5 Å². The van der Waals surface area contributed by atoms with Crippen LogP contribution in [0.15, 0.2) is 78.2 Å². The van der Waals surface area contributed by atoms with Crippen LogP contribution in [-0.2, 0) is 4.79 Å². The summed E-state index contributed by atoms with van der Waals surface area (Å²) in [5.74, 6) is -0.899. The quantitative estimate of drug-likeness (QED) is 0.394. The van der Waals surface area contributed by atoms with E-state index >= 15 is 0 Å². The van der Waals surface area contributed by atoms with Gasteiger partial charge in [0.05, 0.1) is 11.4 Å². The van der Waals surface area contributed by atoms with Crippen LogP contribution in [0.4, 0.5) is 14.5 Å². The lowest BCUT2D eigenvalue weighted by Crippen LogP contribution is -2.30. The average molecular weight is 436 g/mol. The molecule has 1 N–H and O–H groups in total. The smallest absolute Gasteiger partial charge is 0.265 e. The molecule has 0 fully saturated rings. The van der Waals surface area contributed by atoms with E-state index in [0.717, 1.165) is 0 Å². The fourth-order valence-corrected chi connectivity index (χ4v) is 3.85. The predicted octanol–water partition coefficient (Wildman–Crippen LogP) is 6.16. The minimum absolute atomic E-state index is 0.268. The summed E-state index contributed by atoms with van der Waals surface area (Å²) in [5.41, 5.74) is 2.30. The lowest BCUT2D eigenvalue weighted by Gasteiger charge is -2.16. The zero-order valence-corrected chi connectivity index (χ0v) is 17.3. The van der Waals surface area contributed by atoms with E-state index in [4.69, 9.17) is 4.74 Å². The number of halogens is 2. The number of carbonyl (C=O) groups is 1. The van der Waals surface area contributed by atoms with E-state index in [1.807, 2.05) is 17.5 Å². The standard InChI is InChI=1S/C24H18F2N2O2S/c1-15(30-17-8-6-7-16(25)13-17)23(29)27-21-12-5-3-10-19(21)22-14-31-24(28-22)18-9-2-4-11-20(18)26/h2-15H,1H3,(H,27,29). The van der Waals surface area contributed by atoms with Crippen molar-refractivity contribution in [2.24, 2.45) is 0 Å². The number of nitrogens with zero attached hydrogens (tertiary/aromatic N) is 1. The number of aromatic nitrogens is 1. The van der Waals surface area contributed by atoms with Crippen LogP contribution in [0.3, 0.4) is 0 Å². The normalized spacial score (nSPS) is 11.7. The van der Waals surface area contributed by atoms with Crippen LogP contribution >= 0.6 is 11.3 Å². The molecule has 7 heteroatoms. The van der Waals surface area contributed by atoms with Gasteiger partial charge in [-0.3, -0.25) is 4.79 Å². The number of nitrogens with one attached hydrogen (secondary N) is 1. The average Bonchev–Trinajstić information content (AvgIpc) is 3.24. The Morgan fingerprint density at radius 2 is 1.74 bits per heavy atom. The molecule has 0 saturated heterocycles. The molecular weight excluding hydrogens is 418 g/mol. The van der Waals surface area contributed by atoms with Crippen molar-refractivity contribution in [2.45, 2.75) is 13.0 Å². The molecule has 1 heterocycles. The molecule has 4 aromatic rings. The Balaban J connectivity index is 1.54. The van der Waals surface area contributed by atoms with Gasteiger partial charge in [0.25, 0.3) is 5.91 Å².